The molecule has 0 spiro atoms. The van der Waals surface area contributed by atoms with Crippen molar-refractivity contribution in [3.8, 4) is 0 Å². The van der Waals surface area contributed by atoms with Crippen LogP contribution >= 0.6 is 11.3 Å². The van der Waals surface area contributed by atoms with Gasteiger partial charge in [-0.1, -0.05) is 31.2 Å². The monoisotopic (exact) mass is 340 g/mol. The maximum atomic E-state index is 12.3. The van der Waals surface area contributed by atoms with E-state index in [4.69, 9.17) is 0 Å². The second-order valence-corrected chi connectivity index (χ2v) is 6.47. The highest BCUT2D eigenvalue weighted by molar-refractivity contribution is 7.09. The van der Waals surface area contributed by atoms with Gasteiger partial charge in [0, 0.05) is 24.3 Å². The number of benzene rings is 1. The van der Waals surface area contributed by atoms with Gasteiger partial charge in [0.25, 0.3) is 5.91 Å². The van der Waals surface area contributed by atoms with Gasteiger partial charge in [-0.25, -0.2) is 4.98 Å². The van der Waals surface area contributed by atoms with Crippen LogP contribution in [0, 0.1) is 0 Å². The van der Waals surface area contributed by atoms with Crippen molar-refractivity contribution in [2.75, 3.05) is 0 Å². The molecule has 0 atom stereocenters. The van der Waals surface area contributed by atoms with Gasteiger partial charge in [0.2, 0.25) is 0 Å². The van der Waals surface area contributed by atoms with Crippen LogP contribution in [0.2, 0.25) is 0 Å². The van der Waals surface area contributed by atoms with Crippen molar-refractivity contribution in [2.24, 2.45) is 0 Å². The molecule has 2 heterocycles. The van der Waals surface area contributed by atoms with E-state index in [2.05, 4.69) is 28.4 Å². The summed E-state index contributed by atoms with van der Waals surface area (Å²) in [4.78, 5) is 16.7. The normalized spacial score (nSPS) is 10.7. The molecule has 0 bridgehead atoms. The van der Waals surface area contributed by atoms with Crippen LogP contribution in [-0.2, 0) is 19.5 Å². The Morgan fingerprint density at radius 3 is 2.83 bits per heavy atom. The topological polar surface area (TPSA) is 59.8 Å². The van der Waals surface area contributed by atoms with Gasteiger partial charge >= 0.3 is 0 Å². The molecule has 2 aromatic heterocycles. The van der Waals surface area contributed by atoms with Gasteiger partial charge < -0.3 is 5.32 Å². The van der Waals surface area contributed by atoms with Crippen molar-refractivity contribution in [1.82, 2.24) is 20.1 Å². The van der Waals surface area contributed by atoms with Crippen molar-refractivity contribution in [3.05, 3.63) is 69.9 Å². The fourth-order valence-corrected chi connectivity index (χ4v) is 3.34. The number of aryl methyl sites for hydroxylation is 1. The highest BCUT2D eigenvalue weighted by atomic mass is 32.1. The Labute approximate surface area is 145 Å². The molecule has 0 aliphatic rings. The Kier molecular flexibility index (Phi) is 5.38. The van der Waals surface area contributed by atoms with Crippen LogP contribution in [0.5, 0.6) is 0 Å². The van der Waals surface area contributed by atoms with Gasteiger partial charge in [0.15, 0.2) is 0 Å². The molecule has 0 radical (unpaired) electrons. The lowest BCUT2D eigenvalue weighted by Gasteiger charge is -2.10. The van der Waals surface area contributed by atoms with Crippen LogP contribution in [-0.4, -0.2) is 20.7 Å². The van der Waals surface area contributed by atoms with E-state index in [9.17, 15) is 4.79 Å². The Morgan fingerprint density at radius 2 is 2.08 bits per heavy atom. The first-order valence-corrected chi connectivity index (χ1v) is 8.91. The molecule has 1 N–H and O–H groups in total. The van der Waals surface area contributed by atoms with Crippen LogP contribution in [0.3, 0.4) is 0 Å². The van der Waals surface area contributed by atoms with E-state index in [1.165, 1.54) is 0 Å². The number of hydrogen-bond acceptors (Lipinski definition) is 4. The van der Waals surface area contributed by atoms with Gasteiger partial charge in [-0.2, -0.15) is 5.10 Å². The summed E-state index contributed by atoms with van der Waals surface area (Å²) in [5.74, 6) is -0.123. The first-order valence-electron chi connectivity index (χ1n) is 8.03. The van der Waals surface area contributed by atoms with Crippen LogP contribution < -0.4 is 5.32 Å². The molecule has 1 amide bonds. The maximum absolute atomic E-state index is 12.3. The van der Waals surface area contributed by atoms with Gasteiger partial charge in [0.05, 0.1) is 11.6 Å². The largest absolute Gasteiger partial charge is 0.347 e. The molecule has 3 aromatic rings. The molecular formula is C18H20N4OS. The smallest absolute Gasteiger partial charge is 0.271 e. The standard InChI is InChI=1S/C18H20N4OS/c1-2-6-17-21-16(13-24-17)18(23)19-11-14-7-3-4-8-15(14)12-22-10-5-9-20-22/h3-5,7-10,13H,2,6,11-12H2,1H3,(H,19,23). The number of nitrogens with zero attached hydrogens (tertiary/aromatic N) is 3. The summed E-state index contributed by atoms with van der Waals surface area (Å²) in [6.45, 7) is 3.28. The average molecular weight is 340 g/mol. The lowest BCUT2D eigenvalue weighted by Crippen LogP contribution is -2.24. The second kappa shape index (κ2) is 7.88. The number of thiazole rings is 1. The quantitative estimate of drug-likeness (QED) is 0.718. The number of carbonyl (C=O) groups excluding carboxylic acids is 1. The Bertz CT molecular complexity index is 795. The zero-order valence-electron chi connectivity index (χ0n) is 13.6. The lowest BCUT2D eigenvalue weighted by atomic mass is 10.1. The molecule has 0 unspecified atom stereocenters. The highest BCUT2D eigenvalue weighted by Crippen LogP contribution is 2.13. The van der Waals surface area contributed by atoms with Crippen LogP contribution in [0.4, 0.5) is 0 Å². The van der Waals surface area contributed by atoms with E-state index in [0.29, 0.717) is 18.8 Å². The van der Waals surface area contributed by atoms with Crippen molar-refractivity contribution in [2.45, 2.75) is 32.9 Å². The van der Waals surface area contributed by atoms with Gasteiger partial charge in [-0.05, 0) is 30.0 Å². The van der Waals surface area contributed by atoms with Crippen molar-refractivity contribution in [1.29, 1.82) is 0 Å². The first kappa shape index (κ1) is 16.4. The first-order chi connectivity index (χ1) is 11.8. The minimum atomic E-state index is -0.123. The minimum Gasteiger partial charge on any atom is -0.347 e. The lowest BCUT2D eigenvalue weighted by molar-refractivity contribution is 0.0946. The molecule has 5 nitrogen and oxygen atoms in total. The van der Waals surface area contributed by atoms with E-state index < -0.39 is 0 Å². The molecule has 3 rings (SSSR count). The van der Waals surface area contributed by atoms with Gasteiger partial charge in [-0.15, -0.1) is 11.3 Å². The molecule has 0 saturated carbocycles. The summed E-state index contributed by atoms with van der Waals surface area (Å²) in [5.41, 5.74) is 2.74. The summed E-state index contributed by atoms with van der Waals surface area (Å²) in [6, 6.07) is 9.98. The third-order valence-corrected chi connectivity index (χ3v) is 4.61. The molecule has 1 aromatic carbocycles. The molecular weight excluding hydrogens is 320 g/mol. The predicted octanol–water partition coefficient (Wildman–Crippen LogP) is 3.27. The van der Waals surface area contributed by atoms with Crippen molar-refractivity contribution >= 4 is 17.2 Å². The highest BCUT2D eigenvalue weighted by Gasteiger charge is 2.11. The Balaban J connectivity index is 1.64. The fourth-order valence-electron chi connectivity index (χ4n) is 2.46. The van der Waals surface area contributed by atoms with Crippen LogP contribution in [0.25, 0.3) is 0 Å². The summed E-state index contributed by atoms with van der Waals surface area (Å²) in [5, 5.41) is 10.0. The summed E-state index contributed by atoms with van der Waals surface area (Å²) < 4.78 is 1.87. The Morgan fingerprint density at radius 1 is 1.25 bits per heavy atom. The predicted molar refractivity (Wildman–Crippen MR) is 95.1 cm³/mol. The van der Waals surface area contributed by atoms with Crippen LogP contribution in [0.15, 0.2) is 48.1 Å². The number of carbonyl (C=O) groups is 1. The minimum absolute atomic E-state index is 0.123. The number of nitrogens with one attached hydrogen (secondary N) is 1. The Hall–Kier alpha value is -2.47. The van der Waals surface area contributed by atoms with E-state index in [-0.39, 0.29) is 5.91 Å². The number of aromatic nitrogens is 3. The molecule has 124 valence electrons. The molecule has 0 aliphatic carbocycles. The zero-order valence-corrected chi connectivity index (χ0v) is 14.4. The molecule has 0 saturated heterocycles. The summed E-state index contributed by atoms with van der Waals surface area (Å²) in [6.07, 6.45) is 5.65. The third-order valence-electron chi connectivity index (χ3n) is 3.70. The number of amides is 1. The molecule has 24 heavy (non-hydrogen) atoms. The SMILES string of the molecule is CCCc1nc(C(=O)NCc2ccccc2Cn2cccn2)cs1. The van der Waals surface area contributed by atoms with E-state index in [1.54, 1.807) is 17.5 Å². The van der Waals surface area contributed by atoms with E-state index in [1.807, 2.05) is 40.5 Å². The average Bonchev–Trinajstić information content (AvgIpc) is 3.26. The van der Waals surface area contributed by atoms with Crippen LogP contribution in [0.1, 0.15) is 40.0 Å². The van der Waals surface area contributed by atoms with E-state index in [0.717, 1.165) is 29.0 Å². The fraction of sp³-hybridized carbons (Fsp3) is 0.278. The molecule has 0 fully saturated rings. The summed E-state index contributed by atoms with van der Waals surface area (Å²) >= 11 is 1.55. The van der Waals surface area contributed by atoms with Crippen molar-refractivity contribution < 1.29 is 4.79 Å². The van der Waals surface area contributed by atoms with E-state index >= 15 is 0 Å². The molecule has 0 aliphatic heterocycles. The zero-order chi connectivity index (χ0) is 16.8. The maximum Gasteiger partial charge on any atom is 0.271 e. The van der Waals surface area contributed by atoms with Gasteiger partial charge in [0.1, 0.15) is 5.69 Å². The third kappa shape index (κ3) is 4.08. The number of hydrogen-bond donors (Lipinski definition) is 1. The second-order valence-electron chi connectivity index (χ2n) is 5.53. The molecule has 6 heteroatoms. The van der Waals surface area contributed by atoms with Crippen molar-refractivity contribution in [3.63, 3.8) is 0 Å². The van der Waals surface area contributed by atoms with Gasteiger partial charge in [-0.3, -0.25) is 9.48 Å². The number of rotatable bonds is 7. The summed E-state index contributed by atoms with van der Waals surface area (Å²) in [7, 11) is 0.